The summed E-state index contributed by atoms with van der Waals surface area (Å²) in [5.41, 5.74) is 0.494. The maximum absolute atomic E-state index is 11.9. The molecule has 29 heavy (non-hydrogen) atoms. The van der Waals surface area contributed by atoms with E-state index >= 15 is 0 Å². The maximum Gasteiger partial charge on any atom is 0.349 e. The van der Waals surface area contributed by atoms with Gasteiger partial charge in [0.15, 0.2) is 6.61 Å². The zero-order valence-corrected chi connectivity index (χ0v) is 15.8. The van der Waals surface area contributed by atoms with Crippen molar-refractivity contribution in [3.63, 3.8) is 0 Å². The Balaban J connectivity index is 1.83. The van der Waals surface area contributed by atoms with Crippen molar-refractivity contribution in [2.75, 3.05) is 18.5 Å². The number of furan rings is 1. The van der Waals surface area contributed by atoms with Crippen molar-refractivity contribution in [1.29, 1.82) is 5.26 Å². The monoisotopic (exact) mass is 396 g/mol. The molecular weight excluding hydrogens is 376 g/mol. The molecular formula is C21H20N2O6. The second-order valence-electron chi connectivity index (χ2n) is 5.88. The van der Waals surface area contributed by atoms with E-state index in [1.165, 1.54) is 36.6 Å². The number of carbonyl (C=O) groups is 3. The second kappa shape index (κ2) is 11.1. The van der Waals surface area contributed by atoms with Gasteiger partial charge in [-0.05, 0) is 42.8 Å². The molecule has 1 N–H and O–H groups in total. The molecule has 0 unspecified atom stereocenters. The largest absolute Gasteiger partial charge is 0.465 e. The number of ether oxygens (including phenoxy) is 2. The number of nitrogens with one attached hydrogen (secondary N) is 1. The number of anilines is 1. The quantitative estimate of drug-likeness (QED) is 0.299. The van der Waals surface area contributed by atoms with Crippen molar-refractivity contribution < 1.29 is 28.3 Å². The number of nitrogens with zero attached hydrogens (tertiary/aromatic N) is 1. The highest BCUT2D eigenvalue weighted by atomic mass is 16.5. The van der Waals surface area contributed by atoms with Crippen molar-refractivity contribution in [2.24, 2.45) is 0 Å². The van der Waals surface area contributed by atoms with Gasteiger partial charge in [0.05, 0.1) is 18.4 Å². The number of nitriles is 1. The molecule has 8 heteroatoms. The van der Waals surface area contributed by atoms with Crippen LogP contribution in [0.3, 0.4) is 0 Å². The molecule has 150 valence electrons. The van der Waals surface area contributed by atoms with E-state index in [2.05, 4.69) is 5.32 Å². The van der Waals surface area contributed by atoms with E-state index in [0.717, 1.165) is 12.8 Å². The number of hydrogen-bond acceptors (Lipinski definition) is 7. The standard InChI is InChI=1S/C21H20N2O6/c1-2-3-10-28-20(25)15-6-8-17(9-7-15)23-19(24)14-29-21(26)16(13-22)12-18-5-4-11-27-18/h4-9,11-12H,2-3,10,14H2,1H3,(H,23,24)/b16-12+. The van der Waals surface area contributed by atoms with Crippen LogP contribution in [0.2, 0.25) is 0 Å². The first-order chi connectivity index (χ1) is 14.0. The third-order valence-electron chi connectivity index (χ3n) is 3.64. The Morgan fingerprint density at radius 1 is 1.17 bits per heavy atom. The number of rotatable bonds is 9. The van der Waals surface area contributed by atoms with Crippen molar-refractivity contribution in [1.82, 2.24) is 0 Å². The van der Waals surface area contributed by atoms with Gasteiger partial charge < -0.3 is 19.2 Å². The molecule has 2 rings (SSSR count). The Morgan fingerprint density at radius 2 is 1.93 bits per heavy atom. The van der Waals surface area contributed by atoms with Crippen LogP contribution in [0.5, 0.6) is 0 Å². The first-order valence-corrected chi connectivity index (χ1v) is 8.93. The Kier molecular flexibility index (Phi) is 8.20. The molecule has 2 aromatic rings. The van der Waals surface area contributed by atoms with Gasteiger partial charge in [0.1, 0.15) is 17.4 Å². The van der Waals surface area contributed by atoms with Gasteiger partial charge in [-0.3, -0.25) is 4.79 Å². The van der Waals surface area contributed by atoms with Crippen LogP contribution in [0.4, 0.5) is 5.69 Å². The Hall–Kier alpha value is -3.86. The average Bonchev–Trinajstić information content (AvgIpc) is 3.24. The number of hydrogen-bond donors (Lipinski definition) is 1. The average molecular weight is 396 g/mol. The number of unbranched alkanes of at least 4 members (excludes halogenated alkanes) is 1. The molecule has 0 atom stereocenters. The predicted octanol–water partition coefficient (Wildman–Crippen LogP) is 3.33. The Labute approximate surface area is 167 Å². The molecule has 1 amide bonds. The summed E-state index contributed by atoms with van der Waals surface area (Å²) in [6, 6.07) is 11.0. The Morgan fingerprint density at radius 3 is 2.55 bits per heavy atom. The highest BCUT2D eigenvalue weighted by molar-refractivity contribution is 6.00. The summed E-state index contributed by atoms with van der Waals surface area (Å²) in [4.78, 5) is 35.7. The maximum atomic E-state index is 11.9. The van der Waals surface area contributed by atoms with Gasteiger partial charge in [-0.1, -0.05) is 13.3 Å². The molecule has 0 saturated carbocycles. The molecule has 1 aromatic heterocycles. The lowest BCUT2D eigenvalue weighted by atomic mass is 10.2. The van der Waals surface area contributed by atoms with Gasteiger partial charge in [0.2, 0.25) is 0 Å². The van der Waals surface area contributed by atoms with Crippen LogP contribution in [0.25, 0.3) is 6.08 Å². The summed E-state index contributed by atoms with van der Waals surface area (Å²) >= 11 is 0. The summed E-state index contributed by atoms with van der Waals surface area (Å²) < 4.78 is 15.0. The lowest BCUT2D eigenvalue weighted by molar-refractivity contribution is -0.142. The van der Waals surface area contributed by atoms with Crippen molar-refractivity contribution in [3.05, 3.63) is 59.6 Å². The number of esters is 2. The van der Waals surface area contributed by atoms with E-state index in [1.807, 2.05) is 6.92 Å². The van der Waals surface area contributed by atoms with Crippen LogP contribution in [0.15, 0.2) is 52.7 Å². The zero-order valence-electron chi connectivity index (χ0n) is 15.8. The molecule has 0 radical (unpaired) electrons. The van der Waals surface area contributed by atoms with Gasteiger partial charge in [-0.15, -0.1) is 0 Å². The smallest absolute Gasteiger partial charge is 0.349 e. The lowest BCUT2D eigenvalue weighted by Gasteiger charge is -2.07. The summed E-state index contributed by atoms with van der Waals surface area (Å²) in [6.45, 7) is 1.79. The third-order valence-corrected chi connectivity index (χ3v) is 3.64. The minimum Gasteiger partial charge on any atom is -0.465 e. The predicted molar refractivity (Wildman–Crippen MR) is 104 cm³/mol. The van der Waals surface area contributed by atoms with Crippen LogP contribution < -0.4 is 5.32 Å². The molecule has 0 bridgehead atoms. The van der Waals surface area contributed by atoms with Crippen LogP contribution in [0, 0.1) is 11.3 Å². The highest BCUT2D eigenvalue weighted by Crippen LogP contribution is 2.12. The highest BCUT2D eigenvalue weighted by Gasteiger charge is 2.14. The summed E-state index contributed by atoms with van der Waals surface area (Å²) in [6.07, 6.45) is 4.34. The Bertz CT molecular complexity index is 908. The van der Waals surface area contributed by atoms with Crippen molar-refractivity contribution in [3.8, 4) is 6.07 Å². The minimum atomic E-state index is -0.941. The number of benzene rings is 1. The van der Waals surface area contributed by atoms with E-state index < -0.39 is 24.5 Å². The first kappa shape index (κ1) is 21.4. The molecule has 0 fully saturated rings. The zero-order chi connectivity index (χ0) is 21.1. The molecule has 0 aliphatic rings. The number of carbonyl (C=O) groups excluding carboxylic acids is 3. The van der Waals surface area contributed by atoms with Crippen LogP contribution in [-0.4, -0.2) is 31.1 Å². The molecule has 0 saturated heterocycles. The van der Waals surface area contributed by atoms with E-state index in [-0.39, 0.29) is 5.57 Å². The fraction of sp³-hybridized carbons (Fsp3) is 0.238. The van der Waals surface area contributed by atoms with Crippen LogP contribution in [0.1, 0.15) is 35.9 Å². The SMILES string of the molecule is CCCCOC(=O)c1ccc(NC(=O)COC(=O)/C(C#N)=C/c2ccco2)cc1. The molecule has 8 nitrogen and oxygen atoms in total. The van der Waals surface area contributed by atoms with Gasteiger partial charge in [0.25, 0.3) is 5.91 Å². The van der Waals surface area contributed by atoms with E-state index in [9.17, 15) is 14.4 Å². The van der Waals surface area contributed by atoms with E-state index in [0.29, 0.717) is 23.6 Å². The van der Waals surface area contributed by atoms with Crippen molar-refractivity contribution >= 4 is 29.6 Å². The number of amides is 1. The van der Waals surface area contributed by atoms with E-state index in [1.54, 1.807) is 18.2 Å². The molecule has 0 spiro atoms. The topological polar surface area (TPSA) is 119 Å². The molecule has 0 aliphatic carbocycles. The molecule has 0 aliphatic heterocycles. The minimum absolute atomic E-state index is 0.293. The van der Waals surface area contributed by atoms with Crippen LogP contribution in [-0.2, 0) is 19.1 Å². The lowest BCUT2D eigenvalue weighted by Crippen LogP contribution is -2.21. The normalized spacial score (nSPS) is 10.7. The second-order valence-corrected chi connectivity index (χ2v) is 5.88. The van der Waals surface area contributed by atoms with Gasteiger partial charge >= 0.3 is 11.9 Å². The fourth-order valence-electron chi connectivity index (χ4n) is 2.14. The summed E-state index contributed by atoms with van der Waals surface area (Å²) in [5, 5.41) is 11.6. The van der Waals surface area contributed by atoms with Gasteiger partial charge in [-0.25, -0.2) is 9.59 Å². The van der Waals surface area contributed by atoms with Gasteiger partial charge in [0, 0.05) is 11.8 Å². The van der Waals surface area contributed by atoms with Crippen molar-refractivity contribution in [2.45, 2.75) is 19.8 Å². The first-order valence-electron chi connectivity index (χ1n) is 8.93. The molecule has 1 aromatic carbocycles. The molecule has 1 heterocycles. The van der Waals surface area contributed by atoms with Gasteiger partial charge in [-0.2, -0.15) is 5.26 Å². The third kappa shape index (κ3) is 6.99. The summed E-state index contributed by atoms with van der Waals surface area (Å²) in [5.74, 6) is -1.65. The fourth-order valence-corrected chi connectivity index (χ4v) is 2.14. The summed E-state index contributed by atoms with van der Waals surface area (Å²) in [7, 11) is 0. The van der Waals surface area contributed by atoms with Crippen LogP contribution >= 0.6 is 0 Å². The van der Waals surface area contributed by atoms with E-state index in [4.69, 9.17) is 19.2 Å².